The summed E-state index contributed by atoms with van der Waals surface area (Å²) in [6.07, 6.45) is 0. The Bertz CT molecular complexity index is 292. The zero-order valence-corrected chi connectivity index (χ0v) is 7.72. The predicted molar refractivity (Wildman–Crippen MR) is 46.7 cm³/mol. The minimum absolute atomic E-state index is 0.286. The molecule has 10 heavy (non-hydrogen) atoms. The van der Waals surface area contributed by atoms with Crippen LogP contribution in [0.5, 0.6) is 0 Å². The van der Waals surface area contributed by atoms with Crippen LogP contribution in [-0.4, -0.2) is 4.98 Å². The molecule has 0 fully saturated rings. The topological polar surface area (TPSA) is 36.7 Å². The fourth-order valence-electron chi connectivity index (χ4n) is 0.497. The largest absolute Gasteiger partial charge is 0.230 e. The highest BCUT2D eigenvalue weighted by atomic mass is 127. The highest BCUT2D eigenvalue weighted by Gasteiger charge is 1.99. The van der Waals surface area contributed by atoms with Gasteiger partial charge in [-0.15, -0.1) is 0 Å². The number of hydrogen-bond acceptors (Lipinski definition) is 2. The number of hydrogen-bond donors (Lipinski definition) is 0. The van der Waals surface area contributed by atoms with Crippen molar-refractivity contribution in [3.63, 3.8) is 0 Å². The first kappa shape index (κ1) is 7.76. The van der Waals surface area contributed by atoms with Crippen LogP contribution in [0.4, 0.5) is 0 Å². The van der Waals surface area contributed by atoms with E-state index in [2.05, 4.69) is 4.98 Å². The van der Waals surface area contributed by atoms with Crippen LogP contribution in [0.1, 0.15) is 5.69 Å². The van der Waals surface area contributed by atoms with Crippen LogP contribution < -0.4 is 0 Å². The summed E-state index contributed by atoms with van der Waals surface area (Å²) in [5.74, 6) is 0. The average Bonchev–Trinajstić information content (AvgIpc) is 1.94. The van der Waals surface area contributed by atoms with Crippen LogP contribution in [0.3, 0.4) is 0 Å². The third-order valence-electron chi connectivity index (χ3n) is 0.918. The molecule has 0 saturated heterocycles. The number of pyridine rings is 1. The van der Waals surface area contributed by atoms with Crippen molar-refractivity contribution in [3.05, 3.63) is 26.5 Å². The van der Waals surface area contributed by atoms with Gasteiger partial charge in [0, 0.05) is 0 Å². The van der Waals surface area contributed by atoms with Gasteiger partial charge < -0.3 is 0 Å². The van der Waals surface area contributed by atoms with Crippen molar-refractivity contribution >= 4 is 34.2 Å². The van der Waals surface area contributed by atoms with Gasteiger partial charge in [0.25, 0.3) is 0 Å². The summed E-state index contributed by atoms with van der Waals surface area (Å²) in [5.41, 5.74) is 0.286. The fourth-order valence-corrected chi connectivity index (χ4v) is 1.07. The van der Waals surface area contributed by atoms with Crippen molar-refractivity contribution in [2.45, 2.75) is 0 Å². The molecule has 0 aromatic carbocycles. The quantitative estimate of drug-likeness (QED) is 0.532. The molecule has 0 atom stereocenters. The van der Waals surface area contributed by atoms with Crippen molar-refractivity contribution < 1.29 is 0 Å². The Balaban J connectivity index is 3.25. The maximum atomic E-state index is 8.44. The van der Waals surface area contributed by atoms with Gasteiger partial charge in [0.05, 0.1) is 5.02 Å². The molecular weight excluding hydrogens is 262 g/mol. The lowest BCUT2D eigenvalue weighted by Gasteiger charge is -1.92. The first-order valence-electron chi connectivity index (χ1n) is 2.46. The number of nitrogens with zero attached hydrogens (tertiary/aromatic N) is 2. The smallest absolute Gasteiger partial charge is 0.160 e. The van der Waals surface area contributed by atoms with Gasteiger partial charge in [-0.2, -0.15) is 5.26 Å². The Morgan fingerprint density at radius 2 is 2.30 bits per heavy atom. The Morgan fingerprint density at radius 3 is 2.80 bits per heavy atom. The third kappa shape index (κ3) is 1.58. The molecule has 4 heteroatoms. The van der Waals surface area contributed by atoms with E-state index in [0.29, 0.717) is 5.02 Å². The summed E-state index contributed by atoms with van der Waals surface area (Å²) < 4.78 is 0.776. The van der Waals surface area contributed by atoms with Gasteiger partial charge in [0.1, 0.15) is 9.77 Å². The molecule has 0 bridgehead atoms. The van der Waals surface area contributed by atoms with Crippen LogP contribution in [0, 0.1) is 15.0 Å². The van der Waals surface area contributed by atoms with E-state index in [1.807, 2.05) is 28.7 Å². The number of halogens is 2. The van der Waals surface area contributed by atoms with E-state index in [-0.39, 0.29) is 5.69 Å². The highest BCUT2D eigenvalue weighted by Crippen LogP contribution is 2.13. The second-order valence-corrected chi connectivity index (χ2v) is 3.09. The zero-order chi connectivity index (χ0) is 7.56. The Kier molecular flexibility index (Phi) is 2.46. The molecular formula is C6H2ClIN2. The van der Waals surface area contributed by atoms with Crippen molar-refractivity contribution in [1.82, 2.24) is 4.98 Å². The number of rotatable bonds is 0. The summed E-state index contributed by atoms with van der Waals surface area (Å²) in [7, 11) is 0. The molecule has 0 amide bonds. The summed E-state index contributed by atoms with van der Waals surface area (Å²) in [6, 6.07) is 5.30. The zero-order valence-electron chi connectivity index (χ0n) is 4.81. The third-order valence-corrected chi connectivity index (χ3v) is 1.82. The van der Waals surface area contributed by atoms with Crippen LogP contribution in [-0.2, 0) is 0 Å². The van der Waals surface area contributed by atoms with Crippen molar-refractivity contribution in [3.8, 4) is 6.07 Å². The molecule has 0 saturated carbocycles. The Morgan fingerprint density at radius 1 is 1.60 bits per heavy atom. The summed E-state index contributed by atoms with van der Waals surface area (Å²) >= 11 is 7.63. The first-order chi connectivity index (χ1) is 4.74. The van der Waals surface area contributed by atoms with Gasteiger partial charge in [-0.25, -0.2) is 4.98 Å². The number of nitriles is 1. The fraction of sp³-hybridized carbons (Fsp3) is 0. The lowest BCUT2D eigenvalue weighted by atomic mass is 10.4. The molecule has 0 aliphatic rings. The van der Waals surface area contributed by atoms with Crippen molar-refractivity contribution in [2.75, 3.05) is 0 Å². The molecule has 50 valence electrons. The lowest BCUT2D eigenvalue weighted by Crippen LogP contribution is -1.85. The lowest BCUT2D eigenvalue weighted by molar-refractivity contribution is 1.22. The molecule has 0 N–H and O–H groups in total. The van der Waals surface area contributed by atoms with Gasteiger partial charge in [-0.05, 0) is 34.7 Å². The van der Waals surface area contributed by atoms with E-state index in [4.69, 9.17) is 16.9 Å². The monoisotopic (exact) mass is 264 g/mol. The van der Waals surface area contributed by atoms with Gasteiger partial charge in [-0.3, -0.25) is 0 Å². The molecule has 1 aromatic heterocycles. The minimum Gasteiger partial charge on any atom is -0.230 e. The molecule has 0 unspecified atom stereocenters. The standard InChI is InChI=1S/C6H2ClIN2/c7-4-1-2-6(8)10-5(4)3-9/h1-2H. The van der Waals surface area contributed by atoms with Crippen molar-refractivity contribution in [1.29, 1.82) is 5.26 Å². The molecule has 0 radical (unpaired) electrons. The van der Waals surface area contributed by atoms with E-state index in [1.165, 1.54) is 0 Å². The predicted octanol–water partition coefficient (Wildman–Crippen LogP) is 2.21. The van der Waals surface area contributed by atoms with E-state index in [9.17, 15) is 0 Å². The SMILES string of the molecule is N#Cc1nc(I)ccc1Cl. The average molecular weight is 264 g/mol. The minimum atomic E-state index is 0.286. The maximum Gasteiger partial charge on any atom is 0.160 e. The summed E-state index contributed by atoms with van der Waals surface area (Å²) in [5, 5.41) is 8.85. The molecule has 1 aromatic rings. The second-order valence-electron chi connectivity index (χ2n) is 1.58. The van der Waals surface area contributed by atoms with Crippen LogP contribution in [0.15, 0.2) is 12.1 Å². The van der Waals surface area contributed by atoms with Crippen LogP contribution >= 0.6 is 34.2 Å². The molecule has 0 aliphatic carbocycles. The molecule has 1 rings (SSSR count). The van der Waals surface area contributed by atoms with E-state index in [0.717, 1.165) is 3.70 Å². The van der Waals surface area contributed by atoms with Crippen LogP contribution in [0.25, 0.3) is 0 Å². The van der Waals surface area contributed by atoms with Gasteiger partial charge >= 0.3 is 0 Å². The first-order valence-corrected chi connectivity index (χ1v) is 3.92. The Labute approximate surface area is 77.0 Å². The van der Waals surface area contributed by atoms with Crippen LogP contribution in [0.2, 0.25) is 5.02 Å². The van der Waals surface area contributed by atoms with E-state index in [1.54, 1.807) is 12.1 Å². The number of aromatic nitrogens is 1. The summed E-state index contributed by atoms with van der Waals surface area (Å²) in [4.78, 5) is 3.88. The summed E-state index contributed by atoms with van der Waals surface area (Å²) in [6.45, 7) is 0. The molecule has 0 spiro atoms. The van der Waals surface area contributed by atoms with Gasteiger partial charge in [-0.1, -0.05) is 11.6 Å². The van der Waals surface area contributed by atoms with Gasteiger partial charge in [0.2, 0.25) is 0 Å². The second kappa shape index (κ2) is 3.17. The Hall–Kier alpha value is -0.340. The normalized spacial score (nSPS) is 8.90. The van der Waals surface area contributed by atoms with Gasteiger partial charge in [0.15, 0.2) is 5.69 Å². The highest BCUT2D eigenvalue weighted by molar-refractivity contribution is 14.1. The van der Waals surface area contributed by atoms with Crippen molar-refractivity contribution in [2.24, 2.45) is 0 Å². The molecule has 0 aliphatic heterocycles. The molecule has 1 heterocycles. The van der Waals surface area contributed by atoms with E-state index < -0.39 is 0 Å². The maximum absolute atomic E-state index is 8.44. The van der Waals surface area contributed by atoms with E-state index >= 15 is 0 Å². The molecule has 2 nitrogen and oxygen atoms in total.